The maximum atomic E-state index is 4.47. The lowest BCUT2D eigenvalue weighted by atomic mass is 10.2. The molecule has 0 aliphatic carbocycles. The first-order chi connectivity index (χ1) is 7.61. The molecule has 1 aliphatic heterocycles. The van der Waals surface area contributed by atoms with Gasteiger partial charge in [0.2, 0.25) is 0 Å². The minimum Gasteiger partial charge on any atom is -0.373 e. The Morgan fingerprint density at radius 3 is 2.81 bits per heavy atom. The molecular formula is C12H22N4. The number of hydrogen-bond donors (Lipinski definition) is 1. The number of aromatic nitrogens is 2. The summed E-state index contributed by atoms with van der Waals surface area (Å²) in [6.45, 7) is 7.89. The molecule has 1 unspecified atom stereocenters. The van der Waals surface area contributed by atoms with E-state index in [1.54, 1.807) is 0 Å². The number of rotatable bonds is 3. The van der Waals surface area contributed by atoms with E-state index in [0.29, 0.717) is 0 Å². The van der Waals surface area contributed by atoms with Gasteiger partial charge in [-0.25, -0.2) is 0 Å². The van der Waals surface area contributed by atoms with E-state index < -0.39 is 0 Å². The predicted octanol–water partition coefficient (Wildman–Crippen LogP) is 1.61. The zero-order chi connectivity index (χ0) is 11.7. The zero-order valence-electron chi connectivity index (χ0n) is 10.7. The Kier molecular flexibility index (Phi) is 3.19. The summed E-state index contributed by atoms with van der Waals surface area (Å²) < 4.78 is 1.93. The summed E-state index contributed by atoms with van der Waals surface area (Å²) in [5.41, 5.74) is 2.49. The van der Waals surface area contributed by atoms with Crippen LogP contribution >= 0.6 is 0 Å². The minimum atomic E-state index is 0.843. The van der Waals surface area contributed by atoms with Gasteiger partial charge >= 0.3 is 0 Å². The molecule has 1 aromatic rings. The number of aryl methyl sites for hydroxylation is 2. The number of nitrogens with one attached hydrogen (secondary N) is 1. The number of likely N-dealkylation sites (tertiary alicyclic amines) is 1. The van der Waals surface area contributed by atoms with Gasteiger partial charge in [0.15, 0.2) is 0 Å². The molecule has 0 radical (unpaired) electrons. The molecule has 0 spiro atoms. The van der Waals surface area contributed by atoms with Crippen molar-refractivity contribution >= 4 is 5.82 Å². The number of anilines is 1. The lowest BCUT2D eigenvalue weighted by Gasteiger charge is -2.16. The van der Waals surface area contributed by atoms with Crippen LogP contribution in [0, 0.1) is 12.8 Å². The van der Waals surface area contributed by atoms with Gasteiger partial charge < -0.3 is 5.32 Å². The van der Waals surface area contributed by atoms with Crippen LogP contribution in [0.1, 0.15) is 24.6 Å². The summed E-state index contributed by atoms with van der Waals surface area (Å²) in [6.07, 6.45) is 1.33. The molecular weight excluding hydrogens is 200 g/mol. The van der Waals surface area contributed by atoms with Crippen LogP contribution in [0.3, 0.4) is 0 Å². The normalized spacial score (nSPS) is 21.6. The van der Waals surface area contributed by atoms with Crippen molar-refractivity contribution in [2.24, 2.45) is 13.0 Å². The van der Waals surface area contributed by atoms with Crippen LogP contribution < -0.4 is 5.32 Å². The maximum Gasteiger partial charge on any atom is 0.128 e. The number of nitrogens with zero attached hydrogens (tertiary/aromatic N) is 3. The second-order valence-corrected chi connectivity index (χ2v) is 4.92. The minimum absolute atomic E-state index is 0.843. The van der Waals surface area contributed by atoms with Crippen LogP contribution in [0.4, 0.5) is 5.82 Å². The maximum absolute atomic E-state index is 4.47. The van der Waals surface area contributed by atoms with Crippen molar-refractivity contribution in [1.82, 2.24) is 14.7 Å². The molecule has 90 valence electrons. The van der Waals surface area contributed by atoms with Gasteiger partial charge in [-0.15, -0.1) is 0 Å². The quantitative estimate of drug-likeness (QED) is 0.843. The summed E-state index contributed by atoms with van der Waals surface area (Å²) >= 11 is 0. The van der Waals surface area contributed by atoms with Crippen LogP contribution in [0.15, 0.2) is 0 Å². The van der Waals surface area contributed by atoms with Crippen LogP contribution in [0.2, 0.25) is 0 Å². The van der Waals surface area contributed by atoms with Gasteiger partial charge in [0.1, 0.15) is 5.82 Å². The summed E-state index contributed by atoms with van der Waals surface area (Å²) in [7, 11) is 3.96. The summed E-state index contributed by atoms with van der Waals surface area (Å²) in [5, 5.41) is 7.71. The van der Waals surface area contributed by atoms with Gasteiger partial charge in [0.05, 0.1) is 5.69 Å². The average molecular weight is 222 g/mol. The van der Waals surface area contributed by atoms with Gasteiger partial charge in [-0.3, -0.25) is 9.58 Å². The van der Waals surface area contributed by atoms with Crippen molar-refractivity contribution in [3.05, 3.63) is 11.3 Å². The topological polar surface area (TPSA) is 33.1 Å². The van der Waals surface area contributed by atoms with Crippen LogP contribution in [-0.4, -0.2) is 34.8 Å². The standard InChI is InChI=1S/C12H22N4/c1-9-5-6-16(7-9)8-11-10(2)14-15(4)12(11)13-3/h9,13H,5-8H2,1-4H3. The molecule has 1 saturated heterocycles. The first-order valence-corrected chi connectivity index (χ1v) is 6.04. The van der Waals surface area contributed by atoms with Gasteiger partial charge in [-0.05, 0) is 25.8 Å². The second-order valence-electron chi connectivity index (χ2n) is 4.92. The molecule has 0 saturated carbocycles. The molecule has 1 fully saturated rings. The molecule has 16 heavy (non-hydrogen) atoms. The third kappa shape index (κ3) is 2.07. The van der Waals surface area contributed by atoms with Gasteiger partial charge in [-0.2, -0.15) is 5.10 Å². The fraction of sp³-hybridized carbons (Fsp3) is 0.750. The third-order valence-corrected chi connectivity index (χ3v) is 3.47. The number of hydrogen-bond acceptors (Lipinski definition) is 3. The molecule has 1 aromatic heterocycles. The first kappa shape index (κ1) is 11.5. The average Bonchev–Trinajstić information content (AvgIpc) is 2.73. The van der Waals surface area contributed by atoms with Crippen molar-refractivity contribution in [1.29, 1.82) is 0 Å². The van der Waals surface area contributed by atoms with Crippen molar-refractivity contribution in [3.8, 4) is 0 Å². The van der Waals surface area contributed by atoms with E-state index in [1.807, 2.05) is 18.8 Å². The predicted molar refractivity (Wildman–Crippen MR) is 66.5 cm³/mol. The van der Waals surface area contributed by atoms with Crippen molar-refractivity contribution in [2.45, 2.75) is 26.8 Å². The molecule has 1 atom stereocenters. The fourth-order valence-corrected chi connectivity index (χ4v) is 2.60. The molecule has 2 rings (SSSR count). The Balaban J connectivity index is 2.14. The molecule has 2 heterocycles. The summed E-state index contributed by atoms with van der Waals surface area (Å²) in [4.78, 5) is 2.52. The van der Waals surface area contributed by atoms with Crippen LogP contribution in [0.25, 0.3) is 0 Å². The smallest absolute Gasteiger partial charge is 0.128 e. The highest BCUT2D eigenvalue weighted by atomic mass is 15.3. The highest BCUT2D eigenvalue weighted by Gasteiger charge is 2.21. The van der Waals surface area contributed by atoms with Gasteiger partial charge in [-0.1, -0.05) is 6.92 Å². The third-order valence-electron chi connectivity index (χ3n) is 3.47. The van der Waals surface area contributed by atoms with E-state index in [0.717, 1.165) is 24.0 Å². The van der Waals surface area contributed by atoms with Gasteiger partial charge in [0.25, 0.3) is 0 Å². The zero-order valence-corrected chi connectivity index (χ0v) is 10.7. The Morgan fingerprint density at radius 1 is 1.50 bits per heavy atom. The van der Waals surface area contributed by atoms with Crippen LogP contribution in [-0.2, 0) is 13.6 Å². The summed E-state index contributed by atoms with van der Waals surface area (Å²) in [6, 6.07) is 0. The fourth-order valence-electron chi connectivity index (χ4n) is 2.60. The van der Waals surface area contributed by atoms with E-state index >= 15 is 0 Å². The Labute approximate surface area is 97.6 Å². The Morgan fingerprint density at radius 2 is 2.25 bits per heavy atom. The van der Waals surface area contributed by atoms with Gasteiger partial charge in [0, 0.05) is 32.7 Å². The second kappa shape index (κ2) is 4.45. The largest absolute Gasteiger partial charge is 0.373 e. The molecule has 4 heteroatoms. The van der Waals surface area contributed by atoms with E-state index in [4.69, 9.17) is 0 Å². The van der Waals surface area contributed by atoms with Crippen LogP contribution in [0.5, 0.6) is 0 Å². The molecule has 4 nitrogen and oxygen atoms in total. The van der Waals surface area contributed by atoms with E-state index in [-0.39, 0.29) is 0 Å². The van der Waals surface area contributed by atoms with Crippen molar-refractivity contribution in [2.75, 3.05) is 25.5 Å². The Bertz CT molecular complexity index is 369. The first-order valence-electron chi connectivity index (χ1n) is 6.04. The Hall–Kier alpha value is -1.03. The lowest BCUT2D eigenvalue weighted by Crippen LogP contribution is -2.20. The molecule has 0 amide bonds. The highest BCUT2D eigenvalue weighted by Crippen LogP contribution is 2.23. The highest BCUT2D eigenvalue weighted by molar-refractivity contribution is 5.46. The molecule has 0 aromatic carbocycles. The molecule has 1 aliphatic rings. The molecule has 1 N–H and O–H groups in total. The van der Waals surface area contributed by atoms with E-state index in [1.165, 1.54) is 25.1 Å². The van der Waals surface area contributed by atoms with E-state index in [2.05, 4.69) is 29.2 Å². The summed E-state index contributed by atoms with van der Waals surface area (Å²) in [5.74, 6) is 1.99. The van der Waals surface area contributed by atoms with E-state index in [9.17, 15) is 0 Å². The van der Waals surface area contributed by atoms with Crippen molar-refractivity contribution in [3.63, 3.8) is 0 Å². The SMILES string of the molecule is CNc1c(CN2CCC(C)C2)c(C)nn1C. The monoisotopic (exact) mass is 222 g/mol. The molecule has 0 bridgehead atoms. The lowest BCUT2D eigenvalue weighted by molar-refractivity contribution is 0.320. The van der Waals surface area contributed by atoms with Crippen molar-refractivity contribution < 1.29 is 0 Å².